The molecule has 11 atom stereocenters. The molecule has 0 spiro atoms. The highest BCUT2D eigenvalue weighted by Gasteiger charge is 2.48. The van der Waals surface area contributed by atoms with E-state index in [0.29, 0.717) is 6.42 Å². The Hall–Kier alpha value is -2.07. The number of phenols is 2. The smallest absolute Gasteiger partial charge is 0.229 e. The maximum Gasteiger partial charge on any atom is 0.229 e. The van der Waals surface area contributed by atoms with Crippen LogP contribution < -0.4 is 4.74 Å². The van der Waals surface area contributed by atoms with Crippen LogP contribution in [0.15, 0.2) is 0 Å². The van der Waals surface area contributed by atoms with Crippen molar-refractivity contribution in [2.24, 2.45) is 5.92 Å². The van der Waals surface area contributed by atoms with Gasteiger partial charge < -0.3 is 59.8 Å². The van der Waals surface area contributed by atoms with E-state index in [1.54, 1.807) is 13.8 Å². The maximum atomic E-state index is 13.1. The highest BCUT2D eigenvalue weighted by Crippen LogP contribution is 2.44. The van der Waals surface area contributed by atoms with Gasteiger partial charge in [0.2, 0.25) is 6.29 Å². The Morgan fingerprint density at radius 2 is 1.42 bits per heavy atom. The van der Waals surface area contributed by atoms with Crippen LogP contribution in [0.4, 0.5) is 0 Å². The molecule has 0 radical (unpaired) electrons. The summed E-state index contributed by atoms with van der Waals surface area (Å²) in [5, 5.41) is 82.7. The van der Waals surface area contributed by atoms with Crippen molar-refractivity contribution in [1.82, 2.24) is 0 Å². The fourth-order valence-corrected chi connectivity index (χ4v) is 4.40. The quantitative estimate of drug-likeness (QED) is 0.183. The number of carbonyl (C=O) groups excluding carboxylic acids is 1. The zero-order valence-corrected chi connectivity index (χ0v) is 21.9. The van der Waals surface area contributed by atoms with Gasteiger partial charge in [-0.25, -0.2) is 0 Å². The number of aliphatic hydroxyl groups excluding tert-OH is 6. The summed E-state index contributed by atoms with van der Waals surface area (Å²) in [6.07, 6.45) is -14.7. The molecular formula is C25H38O13. The van der Waals surface area contributed by atoms with Crippen molar-refractivity contribution >= 4 is 5.78 Å². The molecule has 11 unspecified atom stereocenters. The van der Waals surface area contributed by atoms with Crippen LogP contribution in [-0.2, 0) is 14.2 Å². The molecule has 38 heavy (non-hydrogen) atoms. The third-order valence-electron chi connectivity index (χ3n) is 7.31. The SMILES string of the molecule is CCC(C)C(=O)c1c(O)c(C)c(O)c(C)c1OC1OC(COC2OC(C)C(O)C(O)C2O)C(O)C(O)C1O. The van der Waals surface area contributed by atoms with Crippen molar-refractivity contribution in [2.45, 2.75) is 102 Å². The van der Waals surface area contributed by atoms with Gasteiger partial charge in [-0.2, -0.15) is 0 Å². The van der Waals surface area contributed by atoms with Gasteiger partial charge in [-0.05, 0) is 27.2 Å². The van der Waals surface area contributed by atoms with Crippen LogP contribution in [0.25, 0.3) is 0 Å². The summed E-state index contributed by atoms with van der Waals surface area (Å²) in [5.41, 5.74) is -0.0889. The standard InChI is InChI=1S/C25H38O13/c1-6-8(2)14(26)13-16(28)9(3)15(27)10(4)23(13)38-25-22(34)20(32)18(30)12(37-25)7-35-24-21(33)19(31)17(29)11(5)36-24/h8,11-12,17-22,24-25,27-34H,6-7H2,1-5H3. The summed E-state index contributed by atoms with van der Waals surface area (Å²) in [4.78, 5) is 13.1. The van der Waals surface area contributed by atoms with E-state index in [-0.39, 0.29) is 28.2 Å². The number of benzene rings is 1. The Bertz CT molecular complexity index is 1000. The van der Waals surface area contributed by atoms with Crippen LogP contribution in [0, 0.1) is 19.8 Å². The average Bonchev–Trinajstić information content (AvgIpc) is 2.90. The third kappa shape index (κ3) is 5.62. The molecule has 2 heterocycles. The molecule has 2 fully saturated rings. The van der Waals surface area contributed by atoms with E-state index < -0.39 is 85.5 Å². The molecule has 2 aliphatic heterocycles. The molecule has 13 nitrogen and oxygen atoms in total. The fourth-order valence-electron chi connectivity index (χ4n) is 4.40. The van der Waals surface area contributed by atoms with E-state index in [9.17, 15) is 45.6 Å². The summed E-state index contributed by atoms with van der Waals surface area (Å²) in [6.45, 7) is 7.25. The molecular weight excluding hydrogens is 508 g/mol. The lowest BCUT2D eigenvalue weighted by atomic mass is 9.91. The van der Waals surface area contributed by atoms with Crippen LogP contribution in [0.5, 0.6) is 17.2 Å². The first kappa shape index (κ1) is 30.5. The van der Waals surface area contributed by atoms with Crippen LogP contribution in [0.3, 0.4) is 0 Å². The minimum atomic E-state index is -1.81. The van der Waals surface area contributed by atoms with Gasteiger partial charge in [0.05, 0.1) is 12.7 Å². The molecule has 3 rings (SSSR count). The fraction of sp³-hybridized carbons (Fsp3) is 0.720. The minimum Gasteiger partial charge on any atom is -0.507 e. The number of hydrogen-bond acceptors (Lipinski definition) is 13. The first-order valence-corrected chi connectivity index (χ1v) is 12.5. The lowest BCUT2D eigenvalue weighted by Gasteiger charge is -2.42. The van der Waals surface area contributed by atoms with E-state index in [0.717, 1.165) is 0 Å². The Kier molecular flexibility index (Phi) is 9.61. The van der Waals surface area contributed by atoms with Crippen molar-refractivity contribution in [1.29, 1.82) is 0 Å². The second-order valence-electron chi connectivity index (χ2n) is 9.97. The van der Waals surface area contributed by atoms with Crippen molar-refractivity contribution < 1.29 is 64.6 Å². The normalized spacial score (nSPS) is 36.6. The number of phenolic OH excluding ortho intramolecular Hbond substituents is 2. The van der Waals surface area contributed by atoms with E-state index in [2.05, 4.69) is 0 Å². The molecule has 1 aromatic carbocycles. The molecule has 0 bridgehead atoms. The number of ketones is 1. The highest BCUT2D eigenvalue weighted by atomic mass is 16.7. The summed E-state index contributed by atoms with van der Waals surface area (Å²) < 4.78 is 22.2. The van der Waals surface area contributed by atoms with Gasteiger partial charge in [0.15, 0.2) is 12.1 Å². The number of rotatable bonds is 8. The minimum absolute atomic E-state index is 0.0564. The van der Waals surface area contributed by atoms with Crippen LogP contribution in [-0.4, -0.2) is 115 Å². The number of aliphatic hydroxyl groups is 6. The summed E-state index contributed by atoms with van der Waals surface area (Å²) >= 11 is 0. The van der Waals surface area contributed by atoms with Gasteiger partial charge in [-0.1, -0.05) is 13.8 Å². The topological polar surface area (TPSA) is 216 Å². The van der Waals surface area contributed by atoms with Gasteiger partial charge >= 0.3 is 0 Å². The zero-order chi connectivity index (χ0) is 28.6. The molecule has 0 amide bonds. The number of ether oxygens (including phenoxy) is 4. The second kappa shape index (κ2) is 12.0. The van der Waals surface area contributed by atoms with Gasteiger partial charge in [0, 0.05) is 17.0 Å². The van der Waals surface area contributed by atoms with Gasteiger partial charge in [0.25, 0.3) is 0 Å². The third-order valence-corrected chi connectivity index (χ3v) is 7.31. The van der Waals surface area contributed by atoms with Crippen molar-refractivity contribution in [3.05, 3.63) is 16.7 Å². The Morgan fingerprint density at radius 1 is 0.842 bits per heavy atom. The van der Waals surface area contributed by atoms with Crippen molar-refractivity contribution in [3.8, 4) is 17.2 Å². The number of Topliss-reactive ketones (excluding diaryl/α,β-unsaturated/α-hetero) is 1. The van der Waals surface area contributed by atoms with Crippen molar-refractivity contribution in [3.63, 3.8) is 0 Å². The molecule has 1 aromatic rings. The Balaban J connectivity index is 1.86. The summed E-state index contributed by atoms with van der Waals surface area (Å²) in [5.74, 6) is -2.11. The Labute approximate surface area is 219 Å². The molecule has 2 saturated heterocycles. The zero-order valence-electron chi connectivity index (χ0n) is 21.9. The number of aromatic hydroxyl groups is 2. The average molecular weight is 547 g/mol. The molecule has 8 N–H and O–H groups in total. The predicted octanol–water partition coefficient (Wildman–Crippen LogP) is -1.03. The van der Waals surface area contributed by atoms with E-state index in [1.807, 2.05) is 0 Å². The lowest BCUT2D eigenvalue weighted by molar-refractivity contribution is -0.318. The van der Waals surface area contributed by atoms with E-state index >= 15 is 0 Å². The molecule has 2 aliphatic rings. The number of carbonyl (C=O) groups is 1. The van der Waals surface area contributed by atoms with Crippen LogP contribution in [0.2, 0.25) is 0 Å². The number of hydrogen-bond donors (Lipinski definition) is 8. The van der Waals surface area contributed by atoms with Crippen LogP contribution >= 0.6 is 0 Å². The summed E-state index contributed by atoms with van der Waals surface area (Å²) in [7, 11) is 0. The van der Waals surface area contributed by atoms with E-state index in [1.165, 1.54) is 20.8 Å². The highest BCUT2D eigenvalue weighted by molar-refractivity contribution is 6.03. The monoisotopic (exact) mass is 546 g/mol. The molecule has 216 valence electrons. The molecule has 0 saturated carbocycles. The van der Waals surface area contributed by atoms with E-state index in [4.69, 9.17) is 18.9 Å². The largest absolute Gasteiger partial charge is 0.507 e. The molecule has 0 aliphatic carbocycles. The Morgan fingerprint density at radius 3 is 2.03 bits per heavy atom. The molecule has 0 aromatic heterocycles. The van der Waals surface area contributed by atoms with Gasteiger partial charge in [-0.3, -0.25) is 4.79 Å². The molecule has 13 heteroatoms. The first-order chi connectivity index (χ1) is 17.7. The van der Waals surface area contributed by atoms with Crippen molar-refractivity contribution in [2.75, 3.05) is 6.61 Å². The lowest BCUT2D eigenvalue weighted by Crippen LogP contribution is -2.61. The van der Waals surface area contributed by atoms with Gasteiger partial charge in [0.1, 0.15) is 65.5 Å². The first-order valence-electron chi connectivity index (χ1n) is 12.5. The maximum absolute atomic E-state index is 13.1. The summed E-state index contributed by atoms with van der Waals surface area (Å²) in [6, 6.07) is 0. The predicted molar refractivity (Wildman–Crippen MR) is 129 cm³/mol. The van der Waals surface area contributed by atoms with Gasteiger partial charge in [-0.15, -0.1) is 0 Å². The van der Waals surface area contributed by atoms with Crippen LogP contribution in [0.1, 0.15) is 48.7 Å². The second-order valence-corrected chi connectivity index (χ2v) is 9.97.